The monoisotopic (exact) mass is 291 g/mol. The van der Waals surface area contributed by atoms with Gasteiger partial charge in [0.2, 0.25) is 0 Å². The molecule has 0 heterocycles. The fourth-order valence-electron chi connectivity index (χ4n) is 2.82. The second-order valence-corrected chi connectivity index (χ2v) is 5.69. The van der Waals surface area contributed by atoms with Gasteiger partial charge in [0.15, 0.2) is 0 Å². The molecule has 2 rings (SSSR count). The molecule has 1 aromatic carbocycles. The minimum absolute atomic E-state index is 0.0954. The molecule has 0 saturated heterocycles. The summed E-state index contributed by atoms with van der Waals surface area (Å²) in [5, 5.41) is 0. The van der Waals surface area contributed by atoms with E-state index in [-0.39, 0.29) is 18.5 Å². The predicted octanol–water partition coefficient (Wildman–Crippen LogP) is 3.55. The summed E-state index contributed by atoms with van der Waals surface area (Å²) in [4.78, 5) is 11.8. The molecule has 0 bridgehead atoms. The van der Waals surface area contributed by atoms with Gasteiger partial charge >= 0.3 is 5.97 Å². The summed E-state index contributed by atoms with van der Waals surface area (Å²) < 4.78 is 11.1. The van der Waals surface area contributed by atoms with Crippen LogP contribution in [-0.4, -0.2) is 18.7 Å². The molecule has 1 fully saturated rings. The lowest BCUT2D eigenvalue weighted by Crippen LogP contribution is -2.26. The molecule has 4 nitrogen and oxygen atoms in total. The molecule has 0 amide bonds. The van der Waals surface area contributed by atoms with Gasteiger partial charge in [0, 0.05) is 0 Å². The van der Waals surface area contributed by atoms with Gasteiger partial charge in [0.1, 0.15) is 11.9 Å². The summed E-state index contributed by atoms with van der Waals surface area (Å²) in [5.74, 6) is 1.15. The zero-order chi connectivity index (χ0) is 15.1. The number of carbonyl (C=O) groups excluding carboxylic acids is 1. The van der Waals surface area contributed by atoms with Gasteiger partial charge in [-0.25, -0.2) is 0 Å². The first-order valence-electron chi connectivity index (χ1n) is 7.85. The SMILES string of the molecule is CCC1CCCC(OC(=O)CCOc2ccccc2N)C1. The van der Waals surface area contributed by atoms with E-state index in [1.165, 1.54) is 12.8 Å². The number of anilines is 1. The van der Waals surface area contributed by atoms with Crippen LogP contribution in [0.1, 0.15) is 45.4 Å². The highest BCUT2D eigenvalue weighted by atomic mass is 16.5. The van der Waals surface area contributed by atoms with Crippen molar-refractivity contribution in [1.29, 1.82) is 0 Å². The number of benzene rings is 1. The third kappa shape index (κ3) is 4.96. The van der Waals surface area contributed by atoms with E-state index >= 15 is 0 Å². The third-order valence-electron chi connectivity index (χ3n) is 4.09. The lowest BCUT2D eigenvalue weighted by Gasteiger charge is -2.28. The molecule has 2 N–H and O–H groups in total. The average Bonchev–Trinajstić information content (AvgIpc) is 2.49. The lowest BCUT2D eigenvalue weighted by molar-refractivity contribution is -0.151. The Balaban J connectivity index is 1.69. The van der Waals surface area contributed by atoms with Crippen LogP contribution in [0.15, 0.2) is 24.3 Å². The lowest BCUT2D eigenvalue weighted by atomic mass is 9.85. The van der Waals surface area contributed by atoms with Gasteiger partial charge < -0.3 is 15.2 Å². The van der Waals surface area contributed by atoms with Crippen molar-refractivity contribution in [3.8, 4) is 5.75 Å². The highest BCUT2D eigenvalue weighted by molar-refractivity contribution is 5.69. The fraction of sp³-hybridized carbons (Fsp3) is 0.588. The number of para-hydroxylation sites is 2. The number of ether oxygens (including phenoxy) is 2. The summed E-state index contributed by atoms with van der Waals surface area (Å²) in [7, 11) is 0. The molecule has 2 atom stereocenters. The second kappa shape index (κ2) is 7.91. The Morgan fingerprint density at radius 2 is 2.14 bits per heavy atom. The van der Waals surface area contributed by atoms with Crippen molar-refractivity contribution >= 4 is 11.7 Å². The standard InChI is InChI=1S/C17H25NO3/c1-2-13-6-5-7-14(12-13)21-17(19)10-11-20-16-9-4-3-8-15(16)18/h3-4,8-9,13-14H,2,5-7,10-12,18H2,1H3. The van der Waals surface area contributed by atoms with Crippen LogP contribution in [0.2, 0.25) is 0 Å². The Hall–Kier alpha value is -1.71. The molecule has 0 spiro atoms. The fourth-order valence-corrected chi connectivity index (χ4v) is 2.82. The van der Waals surface area contributed by atoms with Crippen molar-refractivity contribution < 1.29 is 14.3 Å². The maximum Gasteiger partial charge on any atom is 0.309 e. The molecule has 4 heteroatoms. The van der Waals surface area contributed by atoms with Crippen LogP contribution in [0, 0.1) is 5.92 Å². The van der Waals surface area contributed by atoms with Gasteiger partial charge in [0.05, 0.1) is 18.7 Å². The Kier molecular flexibility index (Phi) is 5.90. The summed E-state index contributed by atoms with van der Waals surface area (Å²) >= 11 is 0. The number of nitrogens with two attached hydrogens (primary N) is 1. The Morgan fingerprint density at radius 1 is 1.33 bits per heavy atom. The maximum absolute atomic E-state index is 11.8. The number of carbonyl (C=O) groups is 1. The van der Waals surface area contributed by atoms with E-state index in [9.17, 15) is 4.79 Å². The van der Waals surface area contributed by atoms with Crippen molar-refractivity contribution in [3.05, 3.63) is 24.3 Å². The normalized spacial score (nSPS) is 21.8. The van der Waals surface area contributed by atoms with Crippen molar-refractivity contribution in [2.45, 2.75) is 51.6 Å². The van der Waals surface area contributed by atoms with E-state index in [1.807, 2.05) is 12.1 Å². The van der Waals surface area contributed by atoms with E-state index in [2.05, 4.69) is 6.92 Å². The average molecular weight is 291 g/mol. The molecule has 1 aliphatic rings. The topological polar surface area (TPSA) is 61.5 Å². The van der Waals surface area contributed by atoms with Gasteiger partial charge in [-0.1, -0.05) is 31.9 Å². The van der Waals surface area contributed by atoms with Gasteiger partial charge in [-0.05, 0) is 37.3 Å². The number of rotatable bonds is 6. The van der Waals surface area contributed by atoms with Crippen LogP contribution in [0.5, 0.6) is 5.75 Å². The van der Waals surface area contributed by atoms with Crippen molar-refractivity contribution in [2.24, 2.45) is 5.92 Å². The van der Waals surface area contributed by atoms with Crippen LogP contribution < -0.4 is 10.5 Å². The Bertz CT molecular complexity index is 461. The zero-order valence-corrected chi connectivity index (χ0v) is 12.7. The predicted molar refractivity (Wildman–Crippen MR) is 83.1 cm³/mol. The van der Waals surface area contributed by atoms with Crippen LogP contribution in [0.4, 0.5) is 5.69 Å². The first-order valence-corrected chi connectivity index (χ1v) is 7.85. The molecule has 1 aromatic rings. The smallest absolute Gasteiger partial charge is 0.309 e. The third-order valence-corrected chi connectivity index (χ3v) is 4.09. The van der Waals surface area contributed by atoms with Gasteiger partial charge in [0.25, 0.3) is 0 Å². The van der Waals surface area contributed by atoms with E-state index in [4.69, 9.17) is 15.2 Å². The van der Waals surface area contributed by atoms with E-state index < -0.39 is 0 Å². The minimum Gasteiger partial charge on any atom is -0.491 e. The second-order valence-electron chi connectivity index (χ2n) is 5.69. The number of hydrogen-bond acceptors (Lipinski definition) is 4. The molecule has 0 radical (unpaired) electrons. The van der Waals surface area contributed by atoms with Crippen LogP contribution in [-0.2, 0) is 9.53 Å². The summed E-state index contributed by atoms with van der Waals surface area (Å²) in [6.07, 6.45) is 5.96. The molecule has 1 aliphatic carbocycles. The minimum atomic E-state index is -0.175. The summed E-state index contributed by atoms with van der Waals surface area (Å²) in [5.41, 5.74) is 6.36. The van der Waals surface area contributed by atoms with Crippen LogP contribution in [0.3, 0.4) is 0 Å². The summed E-state index contributed by atoms with van der Waals surface area (Å²) in [6, 6.07) is 7.29. The van der Waals surface area contributed by atoms with Gasteiger partial charge in [-0.2, -0.15) is 0 Å². The Labute approximate surface area is 126 Å². The highest BCUT2D eigenvalue weighted by Gasteiger charge is 2.23. The number of esters is 1. The van der Waals surface area contributed by atoms with Crippen LogP contribution >= 0.6 is 0 Å². The molecule has 1 saturated carbocycles. The molecule has 2 unspecified atom stereocenters. The number of hydrogen-bond donors (Lipinski definition) is 1. The van der Waals surface area contributed by atoms with Crippen LogP contribution in [0.25, 0.3) is 0 Å². The molecule has 0 aromatic heterocycles. The van der Waals surface area contributed by atoms with E-state index in [0.717, 1.165) is 19.3 Å². The molecular formula is C17H25NO3. The first kappa shape index (κ1) is 15.7. The number of nitrogen functional groups attached to an aromatic ring is 1. The first-order chi connectivity index (χ1) is 10.2. The van der Waals surface area contributed by atoms with E-state index in [0.29, 0.717) is 24.0 Å². The largest absolute Gasteiger partial charge is 0.491 e. The van der Waals surface area contributed by atoms with Crippen molar-refractivity contribution in [2.75, 3.05) is 12.3 Å². The quantitative estimate of drug-likeness (QED) is 0.643. The molecular weight excluding hydrogens is 266 g/mol. The van der Waals surface area contributed by atoms with E-state index in [1.54, 1.807) is 12.1 Å². The molecule has 116 valence electrons. The molecule has 0 aliphatic heterocycles. The van der Waals surface area contributed by atoms with Crippen molar-refractivity contribution in [3.63, 3.8) is 0 Å². The zero-order valence-electron chi connectivity index (χ0n) is 12.7. The van der Waals surface area contributed by atoms with Gasteiger partial charge in [-0.3, -0.25) is 4.79 Å². The molecule has 21 heavy (non-hydrogen) atoms. The highest BCUT2D eigenvalue weighted by Crippen LogP contribution is 2.28. The Morgan fingerprint density at radius 3 is 2.90 bits per heavy atom. The maximum atomic E-state index is 11.8. The van der Waals surface area contributed by atoms with Gasteiger partial charge in [-0.15, -0.1) is 0 Å². The van der Waals surface area contributed by atoms with Crippen molar-refractivity contribution in [1.82, 2.24) is 0 Å². The summed E-state index contributed by atoms with van der Waals surface area (Å²) in [6.45, 7) is 2.50.